The zero-order valence-corrected chi connectivity index (χ0v) is 15.4. The van der Waals surface area contributed by atoms with Gasteiger partial charge in [-0.3, -0.25) is 4.79 Å². The molecule has 0 saturated carbocycles. The Labute approximate surface area is 150 Å². The fraction of sp³-hybridized carbons (Fsp3) is 0.650. The van der Waals surface area contributed by atoms with Crippen LogP contribution in [0.15, 0.2) is 30.3 Å². The Kier molecular flexibility index (Phi) is 6.10. The molecule has 138 valence electrons. The number of carbonyl (C=O) groups excluding carboxylic acids is 1. The number of hydrogen-bond donors (Lipinski definition) is 1. The number of benzene rings is 1. The summed E-state index contributed by atoms with van der Waals surface area (Å²) in [6, 6.07) is 10.1. The Morgan fingerprint density at radius 2 is 2.00 bits per heavy atom. The molecule has 0 amide bonds. The summed E-state index contributed by atoms with van der Waals surface area (Å²) in [4.78, 5) is 18.7. The van der Waals surface area contributed by atoms with Crippen molar-refractivity contribution in [3.05, 3.63) is 35.9 Å². The summed E-state index contributed by atoms with van der Waals surface area (Å²) >= 11 is 0. The quantitative estimate of drug-likeness (QED) is 0.830. The maximum Gasteiger partial charge on any atom is 0.316 e. The topological polar surface area (TPSA) is 50.8 Å². The van der Waals surface area contributed by atoms with Gasteiger partial charge in [0.2, 0.25) is 0 Å². The van der Waals surface area contributed by atoms with Crippen LogP contribution in [0.4, 0.5) is 0 Å². The van der Waals surface area contributed by atoms with Crippen LogP contribution in [-0.2, 0) is 19.8 Å². The molecule has 0 bridgehead atoms. The van der Waals surface area contributed by atoms with E-state index >= 15 is 0 Å². The van der Waals surface area contributed by atoms with E-state index in [1.165, 1.54) is 0 Å². The molecule has 1 unspecified atom stereocenters. The zero-order chi connectivity index (χ0) is 17.7. The molecule has 0 aliphatic carbocycles. The number of carbonyl (C=O) groups is 1. The molecule has 2 fully saturated rings. The van der Waals surface area contributed by atoms with Gasteiger partial charge in [0, 0.05) is 19.6 Å². The van der Waals surface area contributed by atoms with Crippen LogP contribution in [0.25, 0.3) is 0 Å². The molecule has 3 rings (SSSR count). The van der Waals surface area contributed by atoms with Crippen LogP contribution >= 0.6 is 0 Å². The normalized spacial score (nSPS) is 27.0. The molecule has 25 heavy (non-hydrogen) atoms. The van der Waals surface area contributed by atoms with Crippen molar-refractivity contribution in [3.8, 4) is 0 Å². The molecule has 0 aromatic heterocycles. The highest BCUT2D eigenvalue weighted by Crippen LogP contribution is 2.38. The van der Waals surface area contributed by atoms with Crippen LogP contribution in [0.2, 0.25) is 0 Å². The van der Waals surface area contributed by atoms with Crippen molar-refractivity contribution >= 4 is 5.97 Å². The minimum Gasteiger partial charge on any atom is -0.460 e. The van der Waals surface area contributed by atoms with E-state index in [1.54, 1.807) is 7.11 Å². The third-order valence-electron chi connectivity index (χ3n) is 5.90. The Bertz CT molecular complexity index is 555. The van der Waals surface area contributed by atoms with Crippen molar-refractivity contribution in [2.75, 3.05) is 33.3 Å². The Hall–Kier alpha value is -1.43. The second-order valence-corrected chi connectivity index (χ2v) is 7.16. The Morgan fingerprint density at radius 1 is 1.28 bits per heavy atom. The van der Waals surface area contributed by atoms with Gasteiger partial charge in [-0.2, -0.15) is 5.06 Å². The summed E-state index contributed by atoms with van der Waals surface area (Å²) < 4.78 is 6.10. The lowest BCUT2D eigenvalue weighted by molar-refractivity contribution is -0.176. The Morgan fingerprint density at radius 3 is 2.64 bits per heavy atom. The summed E-state index contributed by atoms with van der Waals surface area (Å²) in [5, 5.41) is 5.29. The van der Waals surface area contributed by atoms with Crippen LogP contribution in [0.5, 0.6) is 0 Å². The predicted molar refractivity (Wildman–Crippen MR) is 97.1 cm³/mol. The smallest absolute Gasteiger partial charge is 0.316 e. The van der Waals surface area contributed by atoms with Gasteiger partial charge in [-0.05, 0) is 43.7 Å². The molecule has 2 aliphatic rings. The Balaban J connectivity index is 1.81. The van der Waals surface area contributed by atoms with E-state index in [2.05, 4.69) is 24.4 Å². The number of hydrogen-bond acceptors (Lipinski definition) is 5. The van der Waals surface area contributed by atoms with Gasteiger partial charge in [0.1, 0.15) is 6.10 Å². The van der Waals surface area contributed by atoms with Gasteiger partial charge in [0.25, 0.3) is 0 Å². The first-order valence-electron chi connectivity index (χ1n) is 9.46. The summed E-state index contributed by atoms with van der Waals surface area (Å²) in [5.74, 6) is 0.388. The zero-order valence-electron chi connectivity index (χ0n) is 15.4. The molecule has 2 aliphatic heterocycles. The summed E-state index contributed by atoms with van der Waals surface area (Å²) in [5.41, 5.74) is 0.499. The van der Waals surface area contributed by atoms with E-state index in [4.69, 9.17) is 9.57 Å². The van der Waals surface area contributed by atoms with Crippen LogP contribution in [-0.4, -0.2) is 50.4 Å². The first-order chi connectivity index (χ1) is 12.2. The first-order valence-corrected chi connectivity index (χ1v) is 9.46. The van der Waals surface area contributed by atoms with Crippen LogP contribution in [0.3, 0.4) is 0 Å². The largest absolute Gasteiger partial charge is 0.460 e. The molecule has 2 atom stereocenters. The first kappa shape index (κ1) is 18.4. The standard InChI is InChI=1S/C20H30N2O3/c1-3-16-9-12-21-15-18(16)25-19(23)20(17-7-5-4-6-8-17)10-13-22(24-2)14-11-20/h4-8,16,18,21H,3,9-15H2,1-2H3/t16?,18-/m0/s1. The maximum absolute atomic E-state index is 13.3. The van der Waals surface area contributed by atoms with Gasteiger partial charge in [0.05, 0.1) is 12.5 Å². The molecule has 0 spiro atoms. The number of rotatable bonds is 5. The lowest BCUT2D eigenvalue weighted by Gasteiger charge is -2.41. The average Bonchev–Trinajstić information content (AvgIpc) is 2.69. The molecule has 1 aromatic rings. The third-order valence-corrected chi connectivity index (χ3v) is 5.90. The number of nitrogens with one attached hydrogen (secondary N) is 1. The van der Waals surface area contributed by atoms with E-state index in [9.17, 15) is 4.79 Å². The van der Waals surface area contributed by atoms with E-state index < -0.39 is 5.41 Å². The molecule has 5 nitrogen and oxygen atoms in total. The van der Waals surface area contributed by atoms with Gasteiger partial charge >= 0.3 is 5.97 Å². The van der Waals surface area contributed by atoms with Crippen LogP contribution in [0.1, 0.15) is 38.2 Å². The van der Waals surface area contributed by atoms with Gasteiger partial charge in [-0.25, -0.2) is 0 Å². The van der Waals surface area contributed by atoms with Gasteiger partial charge in [0.15, 0.2) is 0 Å². The van der Waals surface area contributed by atoms with Crippen LogP contribution < -0.4 is 5.32 Å². The fourth-order valence-corrected chi connectivity index (χ4v) is 4.16. The monoisotopic (exact) mass is 346 g/mol. The van der Waals surface area contributed by atoms with Crippen molar-refractivity contribution in [2.24, 2.45) is 5.92 Å². The molecule has 2 saturated heterocycles. The van der Waals surface area contributed by atoms with Gasteiger partial charge in [-0.1, -0.05) is 37.3 Å². The molecular weight excluding hydrogens is 316 g/mol. The summed E-state index contributed by atoms with van der Waals surface area (Å²) in [6.45, 7) is 5.43. The van der Waals surface area contributed by atoms with Crippen molar-refractivity contribution in [3.63, 3.8) is 0 Å². The molecular formula is C20H30N2O3. The van der Waals surface area contributed by atoms with E-state index in [1.807, 2.05) is 23.3 Å². The fourth-order valence-electron chi connectivity index (χ4n) is 4.16. The van der Waals surface area contributed by atoms with Crippen LogP contribution in [0, 0.1) is 5.92 Å². The van der Waals surface area contributed by atoms with Gasteiger partial charge in [-0.15, -0.1) is 0 Å². The number of piperidine rings is 2. The summed E-state index contributed by atoms with van der Waals surface area (Å²) in [7, 11) is 1.69. The van der Waals surface area contributed by atoms with E-state index in [0.717, 1.165) is 57.4 Å². The van der Waals surface area contributed by atoms with Gasteiger partial charge < -0.3 is 14.9 Å². The second-order valence-electron chi connectivity index (χ2n) is 7.16. The molecule has 1 aromatic carbocycles. The van der Waals surface area contributed by atoms with E-state index in [0.29, 0.717) is 5.92 Å². The molecule has 0 radical (unpaired) electrons. The minimum atomic E-state index is -0.563. The van der Waals surface area contributed by atoms with E-state index in [-0.39, 0.29) is 12.1 Å². The minimum absolute atomic E-state index is 0.0210. The number of ether oxygens (including phenoxy) is 1. The number of nitrogens with zero attached hydrogens (tertiary/aromatic N) is 1. The second kappa shape index (κ2) is 8.30. The highest BCUT2D eigenvalue weighted by atomic mass is 16.7. The highest BCUT2D eigenvalue weighted by Gasteiger charge is 2.45. The number of hydroxylamine groups is 2. The van der Waals surface area contributed by atoms with Crippen molar-refractivity contribution < 1.29 is 14.4 Å². The third kappa shape index (κ3) is 3.89. The van der Waals surface area contributed by atoms with Crippen molar-refractivity contribution in [1.29, 1.82) is 0 Å². The summed E-state index contributed by atoms with van der Waals surface area (Å²) in [6.07, 6.45) is 3.55. The molecule has 1 N–H and O–H groups in total. The molecule has 2 heterocycles. The predicted octanol–water partition coefficient (Wildman–Crippen LogP) is 2.51. The lowest BCUT2D eigenvalue weighted by Crippen LogP contribution is -2.51. The van der Waals surface area contributed by atoms with Crippen molar-refractivity contribution in [1.82, 2.24) is 10.4 Å². The highest BCUT2D eigenvalue weighted by molar-refractivity contribution is 5.83. The SMILES string of the molecule is CCC1CCNC[C@@H]1OC(=O)C1(c2ccccc2)CCN(OC)CC1. The molecule has 5 heteroatoms. The number of esters is 1. The maximum atomic E-state index is 13.3. The lowest BCUT2D eigenvalue weighted by atomic mass is 9.73. The van der Waals surface area contributed by atoms with Crippen molar-refractivity contribution in [2.45, 2.75) is 44.1 Å². The average molecular weight is 346 g/mol.